The Hall–Kier alpha value is -2.57. The molecule has 0 aliphatic carbocycles. The van der Waals surface area contributed by atoms with E-state index >= 15 is 0 Å². The van der Waals surface area contributed by atoms with Gasteiger partial charge < -0.3 is 20.3 Å². The van der Waals surface area contributed by atoms with Gasteiger partial charge in [0.15, 0.2) is 0 Å². The Bertz CT molecular complexity index is 728. The lowest BCUT2D eigenvalue weighted by Gasteiger charge is -2.32. The largest absolute Gasteiger partial charge is 0.444 e. The summed E-state index contributed by atoms with van der Waals surface area (Å²) >= 11 is 0. The number of amides is 3. The van der Waals surface area contributed by atoms with Gasteiger partial charge >= 0.3 is 6.09 Å². The number of carbonyl (C=O) groups excluding carboxylic acids is 3. The topological polar surface area (TPSA) is 87.7 Å². The van der Waals surface area contributed by atoms with Crippen molar-refractivity contribution >= 4 is 17.9 Å². The van der Waals surface area contributed by atoms with Crippen LogP contribution in [0.15, 0.2) is 24.3 Å². The first-order valence-electron chi connectivity index (χ1n) is 11.2. The molecule has 0 aliphatic heterocycles. The number of benzene rings is 1. The average Bonchev–Trinajstić information content (AvgIpc) is 2.69. The van der Waals surface area contributed by atoms with Crippen LogP contribution in [0.3, 0.4) is 0 Å². The predicted molar refractivity (Wildman–Crippen MR) is 123 cm³/mol. The number of alkyl carbamates (subject to hydrolysis) is 1. The molecule has 0 heterocycles. The van der Waals surface area contributed by atoms with Crippen molar-refractivity contribution < 1.29 is 19.1 Å². The van der Waals surface area contributed by atoms with Crippen LogP contribution in [0, 0.1) is 6.92 Å². The molecule has 0 aliphatic rings. The van der Waals surface area contributed by atoms with Gasteiger partial charge in [-0.05, 0) is 51.7 Å². The smallest absolute Gasteiger partial charge is 0.408 e. The summed E-state index contributed by atoms with van der Waals surface area (Å²) in [6.45, 7) is 12.1. The number of hydrogen-bond acceptors (Lipinski definition) is 4. The maximum absolute atomic E-state index is 13.2. The molecular weight excluding hydrogens is 394 g/mol. The van der Waals surface area contributed by atoms with E-state index in [2.05, 4.69) is 17.6 Å². The van der Waals surface area contributed by atoms with Gasteiger partial charge in [0, 0.05) is 13.1 Å². The summed E-state index contributed by atoms with van der Waals surface area (Å²) in [4.78, 5) is 39.9. The van der Waals surface area contributed by atoms with Crippen molar-refractivity contribution in [3.8, 4) is 0 Å². The Labute approximate surface area is 186 Å². The standard InChI is InChI=1S/C24H39N3O4/c1-7-9-15-25-22(29)21(19-14-12-11-13-18(19)3)27(16-10-8-2)20(28)17-26-23(30)31-24(4,5)6/h11-14,21H,7-10,15-17H2,1-6H3,(H,25,29)(H,26,30). The molecule has 0 saturated heterocycles. The zero-order valence-electron chi connectivity index (χ0n) is 19.9. The molecule has 31 heavy (non-hydrogen) atoms. The summed E-state index contributed by atoms with van der Waals surface area (Å²) in [5, 5.41) is 5.50. The molecule has 0 aromatic heterocycles. The third-order valence-electron chi connectivity index (χ3n) is 4.73. The number of ether oxygens (including phenoxy) is 1. The van der Waals surface area contributed by atoms with Crippen LogP contribution in [-0.4, -0.2) is 48.0 Å². The monoisotopic (exact) mass is 433 g/mol. The number of nitrogens with zero attached hydrogens (tertiary/aromatic N) is 1. The van der Waals surface area contributed by atoms with Crippen LogP contribution in [-0.2, 0) is 14.3 Å². The zero-order chi connectivity index (χ0) is 23.4. The molecular formula is C24H39N3O4. The van der Waals surface area contributed by atoms with E-state index in [0.29, 0.717) is 13.1 Å². The van der Waals surface area contributed by atoms with E-state index in [9.17, 15) is 14.4 Å². The molecule has 1 rings (SSSR count). The van der Waals surface area contributed by atoms with Crippen molar-refractivity contribution in [2.24, 2.45) is 0 Å². The van der Waals surface area contributed by atoms with Gasteiger partial charge in [0.25, 0.3) is 0 Å². The number of carbonyl (C=O) groups is 3. The predicted octanol–water partition coefficient (Wildman–Crippen LogP) is 4.11. The quantitative estimate of drug-likeness (QED) is 0.514. The van der Waals surface area contributed by atoms with Crippen molar-refractivity contribution in [2.45, 2.75) is 78.9 Å². The second kappa shape index (κ2) is 13.0. The SMILES string of the molecule is CCCCNC(=O)C(c1ccccc1C)N(CCCC)C(=O)CNC(=O)OC(C)(C)C. The highest BCUT2D eigenvalue weighted by Gasteiger charge is 2.32. The first kappa shape index (κ1) is 26.5. The second-order valence-corrected chi connectivity index (χ2v) is 8.70. The van der Waals surface area contributed by atoms with Gasteiger partial charge in [0.2, 0.25) is 11.8 Å². The van der Waals surface area contributed by atoms with Gasteiger partial charge in [-0.3, -0.25) is 9.59 Å². The molecule has 1 atom stereocenters. The van der Waals surface area contributed by atoms with Gasteiger partial charge in [-0.2, -0.15) is 0 Å². The number of hydrogen-bond donors (Lipinski definition) is 2. The minimum Gasteiger partial charge on any atom is -0.444 e. The van der Waals surface area contributed by atoms with Crippen molar-refractivity contribution in [2.75, 3.05) is 19.6 Å². The zero-order valence-corrected chi connectivity index (χ0v) is 19.9. The van der Waals surface area contributed by atoms with Gasteiger partial charge in [0.1, 0.15) is 18.2 Å². The van der Waals surface area contributed by atoms with Gasteiger partial charge in [-0.15, -0.1) is 0 Å². The van der Waals surface area contributed by atoms with Crippen LogP contribution in [0.25, 0.3) is 0 Å². The van der Waals surface area contributed by atoms with Gasteiger partial charge in [0.05, 0.1) is 0 Å². The fourth-order valence-corrected chi connectivity index (χ4v) is 3.12. The molecule has 0 spiro atoms. The number of rotatable bonds is 11. The highest BCUT2D eigenvalue weighted by Crippen LogP contribution is 2.25. The Morgan fingerprint density at radius 2 is 1.68 bits per heavy atom. The summed E-state index contributed by atoms with van der Waals surface area (Å²) in [5.74, 6) is -0.525. The summed E-state index contributed by atoms with van der Waals surface area (Å²) in [6, 6.07) is 6.84. The maximum Gasteiger partial charge on any atom is 0.408 e. The highest BCUT2D eigenvalue weighted by atomic mass is 16.6. The summed E-state index contributed by atoms with van der Waals surface area (Å²) in [5.41, 5.74) is 1.07. The van der Waals surface area contributed by atoms with E-state index < -0.39 is 17.7 Å². The average molecular weight is 434 g/mol. The van der Waals surface area contributed by atoms with Crippen molar-refractivity contribution in [3.05, 3.63) is 35.4 Å². The fourth-order valence-electron chi connectivity index (χ4n) is 3.12. The number of aryl methyl sites for hydroxylation is 1. The Balaban J connectivity index is 3.12. The Morgan fingerprint density at radius 1 is 1.03 bits per heavy atom. The Kier molecular flexibility index (Phi) is 11.1. The molecule has 0 bridgehead atoms. The molecule has 0 fully saturated rings. The van der Waals surface area contributed by atoms with E-state index in [1.165, 1.54) is 0 Å². The van der Waals surface area contributed by atoms with Crippen LogP contribution in [0.1, 0.15) is 77.5 Å². The minimum atomic E-state index is -0.752. The summed E-state index contributed by atoms with van der Waals surface area (Å²) < 4.78 is 5.23. The third-order valence-corrected chi connectivity index (χ3v) is 4.73. The van der Waals surface area contributed by atoms with Gasteiger partial charge in [-0.1, -0.05) is 51.0 Å². The lowest BCUT2D eigenvalue weighted by atomic mass is 9.98. The first-order chi connectivity index (χ1) is 14.6. The van der Waals surface area contributed by atoms with Crippen molar-refractivity contribution in [1.82, 2.24) is 15.5 Å². The van der Waals surface area contributed by atoms with E-state index in [1.54, 1.807) is 25.7 Å². The van der Waals surface area contributed by atoms with Crippen LogP contribution in [0.4, 0.5) is 4.79 Å². The highest BCUT2D eigenvalue weighted by molar-refractivity contribution is 5.90. The molecule has 7 heteroatoms. The molecule has 1 aromatic rings. The lowest BCUT2D eigenvalue weighted by molar-refractivity contribution is -0.140. The van der Waals surface area contributed by atoms with E-state index in [0.717, 1.165) is 36.8 Å². The van der Waals surface area contributed by atoms with Crippen LogP contribution >= 0.6 is 0 Å². The first-order valence-corrected chi connectivity index (χ1v) is 11.2. The normalized spacial score (nSPS) is 12.1. The molecule has 0 saturated carbocycles. The van der Waals surface area contributed by atoms with E-state index in [4.69, 9.17) is 4.74 Å². The lowest BCUT2D eigenvalue weighted by Crippen LogP contribution is -2.48. The molecule has 2 N–H and O–H groups in total. The van der Waals surface area contributed by atoms with Crippen molar-refractivity contribution in [3.63, 3.8) is 0 Å². The van der Waals surface area contributed by atoms with Crippen LogP contribution < -0.4 is 10.6 Å². The van der Waals surface area contributed by atoms with Crippen LogP contribution in [0.2, 0.25) is 0 Å². The fraction of sp³-hybridized carbons (Fsp3) is 0.625. The summed E-state index contributed by atoms with van der Waals surface area (Å²) in [6.07, 6.45) is 2.81. The molecule has 3 amide bonds. The van der Waals surface area contributed by atoms with E-state index in [-0.39, 0.29) is 18.4 Å². The third kappa shape index (κ3) is 9.40. The molecule has 1 unspecified atom stereocenters. The molecule has 0 radical (unpaired) electrons. The van der Waals surface area contributed by atoms with Gasteiger partial charge in [-0.25, -0.2) is 4.79 Å². The van der Waals surface area contributed by atoms with Crippen molar-refractivity contribution in [1.29, 1.82) is 0 Å². The molecule has 7 nitrogen and oxygen atoms in total. The van der Waals surface area contributed by atoms with Crippen LogP contribution in [0.5, 0.6) is 0 Å². The minimum absolute atomic E-state index is 0.204. The van der Waals surface area contributed by atoms with E-state index in [1.807, 2.05) is 38.1 Å². The Morgan fingerprint density at radius 3 is 2.26 bits per heavy atom. The summed E-state index contributed by atoms with van der Waals surface area (Å²) in [7, 11) is 0. The number of unbranched alkanes of at least 4 members (excludes halogenated alkanes) is 2. The maximum atomic E-state index is 13.2. The number of nitrogens with one attached hydrogen (secondary N) is 2. The molecule has 1 aromatic carbocycles. The molecule has 174 valence electrons. The second-order valence-electron chi connectivity index (χ2n) is 8.70.